The van der Waals surface area contributed by atoms with Crippen molar-refractivity contribution in [2.45, 2.75) is 20.0 Å². The average molecular weight is 199 g/mol. The van der Waals surface area contributed by atoms with Crippen molar-refractivity contribution >= 4 is 11.8 Å². The van der Waals surface area contributed by atoms with E-state index in [0.29, 0.717) is 0 Å². The van der Waals surface area contributed by atoms with Crippen LogP contribution in [0.5, 0.6) is 0 Å². The number of aryl methyl sites for hydroxylation is 1. The second kappa shape index (κ2) is 6.05. The van der Waals surface area contributed by atoms with Crippen molar-refractivity contribution in [3.8, 4) is 0 Å². The maximum Gasteiger partial charge on any atom is 0.0950 e. The van der Waals surface area contributed by atoms with E-state index in [2.05, 4.69) is 28.0 Å². The first-order valence-electron chi connectivity index (χ1n) is 4.59. The van der Waals surface area contributed by atoms with Crippen LogP contribution in [0.25, 0.3) is 0 Å². The Morgan fingerprint density at radius 1 is 1.62 bits per heavy atom. The lowest BCUT2D eigenvalue weighted by Gasteiger charge is -1.99. The van der Waals surface area contributed by atoms with Gasteiger partial charge in [0.1, 0.15) is 0 Å². The molecule has 0 unspecified atom stereocenters. The molecule has 13 heavy (non-hydrogen) atoms. The summed E-state index contributed by atoms with van der Waals surface area (Å²) in [4.78, 5) is 4.28. The first-order chi connectivity index (χ1) is 6.36. The van der Waals surface area contributed by atoms with Crippen LogP contribution in [-0.4, -0.2) is 28.1 Å². The van der Waals surface area contributed by atoms with Crippen molar-refractivity contribution in [1.82, 2.24) is 14.9 Å². The van der Waals surface area contributed by atoms with Crippen LogP contribution in [-0.2, 0) is 13.1 Å². The van der Waals surface area contributed by atoms with Crippen LogP contribution in [0.2, 0.25) is 0 Å². The van der Waals surface area contributed by atoms with E-state index in [1.807, 2.05) is 25.1 Å². The van der Waals surface area contributed by atoms with Gasteiger partial charge in [0.25, 0.3) is 0 Å². The predicted octanol–water partition coefficient (Wildman–Crippen LogP) is 1.36. The minimum atomic E-state index is 0.855. The van der Waals surface area contributed by atoms with Gasteiger partial charge in [0, 0.05) is 25.0 Å². The molecule has 1 aromatic heterocycles. The minimum Gasteiger partial charge on any atom is -0.336 e. The molecule has 0 aliphatic carbocycles. The zero-order valence-corrected chi connectivity index (χ0v) is 9.10. The molecule has 0 aliphatic rings. The van der Waals surface area contributed by atoms with Crippen LogP contribution in [0, 0.1) is 0 Å². The molecule has 0 aromatic carbocycles. The molecule has 0 fully saturated rings. The molecule has 0 saturated heterocycles. The number of nitrogens with one attached hydrogen (secondary N) is 1. The van der Waals surface area contributed by atoms with Crippen molar-refractivity contribution in [2.75, 3.05) is 18.6 Å². The van der Waals surface area contributed by atoms with Crippen LogP contribution in [0.1, 0.15) is 12.6 Å². The molecule has 1 N–H and O–H groups in total. The third-order valence-corrected chi connectivity index (χ3v) is 2.62. The standard InChI is InChI=1S/C9H17N3S/c1-3-13-5-4-12-7-9(6-10-2)11-8-12/h7-8,10H,3-6H2,1-2H3. The molecule has 0 saturated carbocycles. The molecule has 0 aliphatic heterocycles. The highest BCUT2D eigenvalue weighted by molar-refractivity contribution is 7.99. The topological polar surface area (TPSA) is 29.9 Å². The number of imidazole rings is 1. The Labute approximate surface area is 83.9 Å². The second-order valence-electron chi connectivity index (χ2n) is 2.83. The van der Waals surface area contributed by atoms with Crippen molar-refractivity contribution < 1.29 is 0 Å². The molecule has 1 rings (SSSR count). The highest BCUT2D eigenvalue weighted by atomic mass is 32.2. The first kappa shape index (κ1) is 10.6. The summed E-state index contributed by atoms with van der Waals surface area (Å²) in [7, 11) is 1.94. The van der Waals surface area contributed by atoms with Gasteiger partial charge in [-0.1, -0.05) is 6.92 Å². The average Bonchev–Trinajstić information content (AvgIpc) is 2.54. The number of rotatable bonds is 6. The summed E-state index contributed by atoms with van der Waals surface area (Å²) in [5.74, 6) is 2.37. The largest absolute Gasteiger partial charge is 0.336 e. The van der Waals surface area contributed by atoms with Gasteiger partial charge in [-0.15, -0.1) is 0 Å². The number of hydrogen-bond donors (Lipinski definition) is 1. The Hall–Kier alpha value is -0.480. The van der Waals surface area contributed by atoms with E-state index in [-0.39, 0.29) is 0 Å². The second-order valence-corrected chi connectivity index (χ2v) is 4.22. The zero-order chi connectivity index (χ0) is 9.52. The fourth-order valence-corrected chi connectivity index (χ4v) is 1.74. The van der Waals surface area contributed by atoms with Gasteiger partial charge in [0.15, 0.2) is 0 Å². The smallest absolute Gasteiger partial charge is 0.0950 e. The summed E-state index contributed by atoms with van der Waals surface area (Å²) < 4.78 is 2.15. The number of thioether (sulfide) groups is 1. The molecule has 0 radical (unpaired) electrons. The third kappa shape index (κ3) is 3.83. The lowest BCUT2D eigenvalue weighted by Crippen LogP contribution is -2.05. The van der Waals surface area contributed by atoms with Crippen molar-refractivity contribution in [3.05, 3.63) is 18.2 Å². The van der Waals surface area contributed by atoms with Gasteiger partial charge in [-0.05, 0) is 12.8 Å². The van der Waals surface area contributed by atoms with E-state index in [4.69, 9.17) is 0 Å². The molecule has 0 bridgehead atoms. The number of aromatic nitrogens is 2. The maximum atomic E-state index is 4.28. The van der Waals surface area contributed by atoms with Crippen molar-refractivity contribution in [2.24, 2.45) is 0 Å². The maximum absolute atomic E-state index is 4.28. The Morgan fingerprint density at radius 3 is 3.15 bits per heavy atom. The summed E-state index contributed by atoms with van der Waals surface area (Å²) in [6.45, 7) is 4.11. The summed E-state index contributed by atoms with van der Waals surface area (Å²) in [6.07, 6.45) is 4.01. The number of hydrogen-bond acceptors (Lipinski definition) is 3. The van der Waals surface area contributed by atoms with Crippen LogP contribution in [0.3, 0.4) is 0 Å². The summed E-state index contributed by atoms with van der Waals surface area (Å²) in [6, 6.07) is 0. The van der Waals surface area contributed by atoms with E-state index in [0.717, 1.165) is 18.8 Å². The van der Waals surface area contributed by atoms with E-state index in [9.17, 15) is 0 Å². The lowest BCUT2D eigenvalue weighted by molar-refractivity contribution is 0.763. The van der Waals surface area contributed by atoms with Crippen molar-refractivity contribution in [3.63, 3.8) is 0 Å². The molecule has 3 nitrogen and oxygen atoms in total. The molecule has 0 amide bonds. The van der Waals surface area contributed by atoms with Gasteiger partial charge in [0.2, 0.25) is 0 Å². The Bertz CT molecular complexity index is 235. The highest BCUT2D eigenvalue weighted by Gasteiger charge is 1.96. The Kier molecular flexibility index (Phi) is 4.93. The van der Waals surface area contributed by atoms with Crippen LogP contribution >= 0.6 is 11.8 Å². The van der Waals surface area contributed by atoms with E-state index in [1.54, 1.807) is 0 Å². The summed E-state index contributed by atoms with van der Waals surface area (Å²) in [5, 5.41) is 3.08. The van der Waals surface area contributed by atoms with Crippen LogP contribution in [0.4, 0.5) is 0 Å². The molecule has 74 valence electrons. The Balaban J connectivity index is 2.31. The van der Waals surface area contributed by atoms with E-state index < -0.39 is 0 Å². The fourth-order valence-electron chi connectivity index (χ4n) is 1.12. The molecule has 0 spiro atoms. The number of nitrogens with zero attached hydrogens (tertiary/aromatic N) is 2. The van der Waals surface area contributed by atoms with Crippen LogP contribution < -0.4 is 5.32 Å². The zero-order valence-electron chi connectivity index (χ0n) is 8.29. The first-order valence-corrected chi connectivity index (χ1v) is 5.75. The van der Waals surface area contributed by atoms with Gasteiger partial charge in [-0.2, -0.15) is 11.8 Å². The summed E-state index contributed by atoms with van der Waals surface area (Å²) >= 11 is 1.96. The molecule has 4 heteroatoms. The van der Waals surface area contributed by atoms with Gasteiger partial charge in [-0.3, -0.25) is 0 Å². The predicted molar refractivity (Wildman–Crippen MR) is 58.0 cm³/mol. The lowest BCUT2D eigenvalue weighted by atomic mass is 10.5. The molecular formula is C9H17N3S. The quantitative estimate of drug-likeness (QED) is 0.702. The van der Waals surface area contributed by atoms with Gasteiger partial charge < -0.3 is 9.88 Å². The third-order valence-electron chi connectivity index (χ3n) is 1.74. The molecule has 1 heterocycles. The molecular weight excluding hydrogens is 182 g/mol. The SMILES string of the molecule is CCSCCn1cnc(CNC)c1. The van der Waals surface area contributed by atoms with Gasteiger partial charge >= 0.3 is 0 Å². The fraction of sp³-hybridized carbons (Fsp3) is 0.667. The van der Waals surface area contributed by atoms with E-state index >= 15 is 0 Å². The van der Waals surface area contributed by atoms with Gasteiger partial charge in [-0.25, -0.2) is 4.98 Å². The minimum absolute atomic E-state index is 0.855. The Morgan fingerprint density at radius 2 is 2.46 bits per heavy atom. The monoisotopic (exact) mass is 199 g/mol. The van der Waals surface area contributed by atoms with E-state index in [1.165, 1.54) is 11.5 Å². The normalized spacial score (nSPS) is 10.6. The molecule has 0 atom stereocenters. The van der Waals surface area contributed by atoms with Gasteiger partial charge in [0.05, 0.1) is 12.0 Å². The summed E-state index contributed by atoms with van der Waals surface area (Å²) in [5.41, 5.74) is 1.11. The molecule has 1 aromatic rings. The van der Waals surface area contributed by atoms with Crippen LogP contribution in [0.15, 0.2) is 12.5 Å². The van der Waals surface area contributed by atoms with Crippen molar-refractivity contribution in [1.29, 1.82) is 0 Å². The highest BCUT2D eigenvalue weighted by Crippen LogP contribution is 2.01.